The van der Waals surface area contributed by atoms with Crippen LogP contribution in [-0.2, 0) is 0 Å². The van der Waals surface area contributed by atoms with Gasteiger partial charge in [-0.3, -0.25) is 19.2 Å². The molecule has 46 heavy (non-hydrogen) atoms. The largest absolute Gasteiger partial charge is 0.346 e. The molecule has 0 aliphatic rings. The van der Waals surface area contributed by atoms with Gasteiger partial charge in [-0.25, -0.2) is 0 Å². The average Bonchev–Trinajstić information content (AvgIpc) is 3.09. The van der Waals surface area contributed by atoms with Crippen molar-refractivity contribution in [3.05, 3.63) is 167 Å². The number of benzene rings is 5. The lowest BCUT2D eigenvalue weighted by molar-refractivity contribution is 0.0931. The average molecular weight is 611 g/mol. The molecule has 0 heterocycles. The minimum absolute atomic E-state index is 0.181. The van der Waals surface area contributed by atoms with Crippen molar-refractivity contribution in [2.24, 2.45) is 0 Å². The van der Waals surface area contributed by atoms with Gasteiger partial charge in [0.05, 0.1) is 12.1 Å². The number of carbonyl (C=O) groups is 4. The van der Waals surface area contributed by atoms with Crippen molar-refractivity contribution < 1.29 is 19.2 Å². The fourth-order valence-electron chi connectivity index (χ4n) is 4.87. The Morgan fingerprint density at radius 3 is 1.15 bits per heavy atom. The van der Waals surface area contributed by atoms with E-state index >= 15 is 0 Å². The van der Waals surface area contributed by atoms with E-state index in [1.165, 1.54) is 0 Å². The highest BCUT2D eigenvalue weighted by Crippen LogP contribution is 2.18. The summed E-state index contributed by atoms with van der Waals surface area (Å²) in [6.45, 7) is 3.82. The first-order chi connectivity index (χ1) is 22.3. The summed E-state index contributed by atoms with van der Waals surface area (Å²) in [5.41, 5.74) is 4.43. The Morgan fingerprint density at radius 1 is 0.413 bits per heavy atom. The third kappa shape index (κ3) is 8.12. The highest BCUT2D eigenvalue weighted by atomic mass is 16.2. The summed E-state index contributed by atoms with van der Waals surface area (Å²) in [5, 5.41) is 11.6. The van der Waals surface area contributed by atoms with Gasteiger partial charge in [0.2, 0.25) is 0 Å². The Hall–Kier alpha value is -6.02. The Labute approximate surface area is 267 Å². The lowest BCUT2D eigenvalue weighted by Gasteiger charge is -2.15. The number of rotatable bonds is 10. The van der Waals surface area contributed by atoms with Crippen molar-refractivity contribution in [3.63, 3.8) is 0 Å². The number of carbonyl (C=O) groups excluding carboxylic acids is 4. The highest BCUT2D eigenvalue weighted by molar-refractivity contribution is 6.08. The maximum atomic E-state index is 12.9. The molecule has 0 bridgehead atoms. The van der Waals surface area contributed by atoms with E-state index in [-0.39, 0.29) is 35.7 Å². The molecule has 0 aliphatic heterocycles. The normalized spacial score (nSPS) is 11.9. The summed E-state index contributed by atoms with van der Waals surface area (Å²) in [4.78, 5) is 51.6. The SMILES string of the molecule is CC(NC(=O)c1cccc(NC(=O)c2ccc(C(=O)Nc3cccc(C(=O)NC(C)c4ccccc4)c3)cc2)c1)c1ccccc1. The van der Waals surface area contributed by atoms with Gasteiger partial charge in [0.25, 0.3) is 23.6 Å². The number of hydrogen-bond acceptors (Lipinski definition) is 4. The summed E-state index contributed by atoms with van der Waals surface area (Å²) < 4.78 is 0. The third-order valence-electron chi connectivity index (χ3n) is 7.47. The number of hydrogen-bond donors (Lipinski definition) is 4. The third-order valence-corrected chi connectivity index (χ3v) is 7.47. The monoisotopic (exact) mass is 610 g/mol. The van der Waals surface area contributed by atoms with Crippen molar-refractivity contribution in [2.45, 2.75) is 25.9 Å². The highest BCUT2D eigenvalue weighted by Gasteiger charge is 2.15. The molecule has 2 atom stereocenters. The first-order valence-corrected chi connectivity index (χ1v) is 14.9. The van der Waals surface area contributed by atoms with E-state index < -0.39 is 0 Å². The fraction of sp³-hybridized carbons (Fsp3) is 0.105. The summed E-state index contributed by atoms with van der Waals surface area (Å²) in [7, 11) is 0. The predicted octanol–water partition coefficient (Wildman–Crippen LogP) is 7.17. The van der Waals surface area contributed by atoms with E-state index in [9.17, 15) is 19.2 Å². The minimum Gasteiger partial charge on any atom is -0.346 e. The van der Waals surface area contributed by atoms with E-state index in [0.717, 1.165) is 11.1 Å². The maximum Gasteiger partial charge on any atom is 0.255 e. The van der Waals surface area contributed by atoms with Crippen LogP contribution in [0.25, 0.3) is 0 Å². The van der Waals surface area contributed by atoms with Crippen LogP contribution in [0.2, 0.25) is 0 Å². The maximum absolute atomic E-state index is 12.9. The van der Waals surface area contributed by atoms with Crippen molar-refractivity contribution in [3.8, 4) is 0 Å². The van der Waals surface area contributed by atoms with E-state index in [1.54, 1.807) is 72.8 Å². The Kier molecular flexibility index (Phi) is 9.99. The first-order valence-electron chi connectivity index (χ1n) is 14.9. The number of anilines is 2. The van der Waals surface area contributed by atoms with Gasteiger partial charge in [-0.05, 0) is 85.6 Å². The number of amides is 4. The van der Waals surface area contributed by atoms with Gasteiger partial charge in [-0.2, -0.15) is 0 Å². The molecule has 230 valence electrons. The molecule has 0 spiro atoms. The lowest BCUT2D eigenvalue weighted by atomic mass is 10.1. The molecule has 0 radical (unpaired) electrons. The van der Waals surface area contributed by atoms with Gasteiger partial charge < -0.3 is 21.3 Å². The van der Waals surface area contributed by atoms with E-state index in [0.29, 0.717) is 33.6 Å². The zero-order valence-electron chi connectivity index (χ0n) is 25.5. The standard InChI is InChI=1S/C38H34N4O4/c1-25(27-11-5-3-6-12-27)39-37(45)31-15-9-17-33(23-31)41-35(43)29-19-21-30(22-20-29)36(44)42-34-18-10-16-32(24-34)38(46)40-26(2)28-13-7-4-8-14-28/h3-26H,1-2H3,(H,39,45)(H,40,46)(H,41,43)(H,42,44). The molecule has 0 aromatic heterocycles. The van der Waals surface area contributed by atoms with Crippen molar-refractivity contribution in [1.29, 1.82) is 0 Å². The smallest absolute Gasteiger partial charge is 0.255 e. The predicted molar refractivity (Wildman–Crippen MR) is 180 cm³/mol. The molecule has 5 aromatic rings. The van der Waals surface area contributed by atoms with Crippen LogP contribution in [0.1, 0.15) is 78.5 Å². The first kappa shape index (κ1) is 31.4. The molecule has 0 saturated heterocycles. The lowest BCUT2D eigenvalue weighted by Crippen LogP contribution is -2.26. The molecular weight excluding hydrogens is 576 g/mol. The molecular formula is C38H34N4O4. The molecule has 0 fully saturated rings. The fourth-order valence-corrected chi connectivity index (χ4v) is 4.87. The van der Waals surface area contributed by atoms with Crippen LogP contribution in [0, 0.1) is 0 Å². The molecule has 5 rings (SSSR count). The van der Waals surface area contributed by atoms with Gasteiger partial charge >= 0.3 is 0 Å². The molecule has 8 nitrogen and oxygen atoms in total. The molecule has 0 aliphatic carbocycles. The summed E-state index contributed by atoms with van der Waals surface area (Å²) in [6, 6.07) is 38.6. The molecule has 8 heteroatoms. The Morgan fingerprint density at radius 2 is 0.783 bits per heavy atom. The molecule has 0 saturated carbocycles. The second-order valence-corrected chi connectivity index (χ2v) is 10.9. The molecule has 4 N–H and O–H groups in total. The summed E-state index contributed by atoms with van der Waals surface area (Å²) in [5.74, 6) is -1.28. The van der Waals surface area contributed by atoms with E-state index in [4.69, 9.17) is 0 Å². The van der Waals surface area contributed by atoms with E-state index in [2.05, 4.69) is 21.3 Å². The second kappa shape index (κ2) is 14.6. The van der Waals surface area contributed by atoms with Crippen LogP contribution in [0.15, 0.2) is 133 Å². The molecule has 4 amide bonds. The van der Waals surface area contributed by atoms with Crippen LogP contribution >= 0.6 is 0 Å². The van der Waals surface area contributed by atoms with Crippen LogP contribution < -0.4 is 21.3 Å². The molecule has 2 unspecified atom stereocenters. The van der Waals surface area contributed by atoms with Crippen LogP contribution in [0.4, 0.5) is 11.4 Å². The van der Waals surface area contributed by atoms with Gasteiger partial charge in [-0.15, -0.1) is 0 Å². The van der Waals surface area contributed by atoms with E-state index in [1.807, 2.05) is 74.5 Å². The summed E-state index contributed by atoms with van der Waals surface area (Å²) >= 11 is 0. The van der Waals surface area contributed by atoms with Crippen molar-refractivity contribution in [2.75, 3.05) is 10.6 Å². The van der Waals surface area contributed by atoms with Gasteiger partial charge in [-0.1, -0.05) is 72.8 Å². The van der Waals surface area contributed by atoms with Crippen LogP contribution in [0.5, 0.6) is 0 Å². The van der Waals surface area contributed by atoms with Gasteiger partial charge in [0, 0.05) is 33.6 Å². The van der Waals surface area contributed by atoms with Crippen LogP contribution in [0.3, 0.4) is 0 Å². The quantitative estimate of drug-likeness (QED) is 0.134. The van der Waals surface area contributed by atoms with Crippen LogP contribution in [-0.4, -0.2) is 23.6 Å². The van der Waals surface area contributed by atoms with Crippen molar-refractivity contribution >= 4 is 35.0 Å². The minimum atomic E-state index is -0.384. The van der Waals surface area contributed by atoms with Gasteiger partial charge in [0.1, 0.15) is 0 Å². The molecule has 5 aromatic carbocycles. The Bertz CT molecular complexity index is 1700. The zero-order chi connectivity index (χ0) is 32.5. The Balaban J connectivity index is 1.17. The zero-order valence-corrected chi connectivity index (χ0v) is 25.5. The van der Waals surface area contributed by atoms with Gasteiger partial charge in [0.15, 0.2) is 0 Å². The number of nitrogens with one attached hydrogen (secondary N) is 4. The topological polar surface area (TPSA) is 116 Å². The summed E-state index contributed by atoms with van der Waals surface area (Å²) in [6.07, 6.45) is 0. The second-order valence-electron chi connectivity index (χ2n) is 10.9. The van der Waals surface area contributed by atoms with Crippen molar-refractivity contribution in [1.82, 2.24) is 10.6 Å².